The molecule has 1 amide bonds. The Kier molecular flexibility index (Phi) is 5.26. The number of pyridine rings is 1. The molecule has 26 heavy (non-hydrogen) atoms. The molecule has 0 aliphatic carbocycles. The maximum absolute atomic E-state index is 12.2. The van der Waals surface area contributed by atoms with Crippen LogP contribution in [0.3, 0.4) is 0 Å². The zero-order valence-electron chi connectivity index (χ0n) is 14.7. The van der Waals surface area contributed by atoms with Gasteiger partial charge >= 0.3 is 0 Å². The molecule has 0 saturated heterocycles. The molecule has 7 nitrogen and oxygen atoms in total. The minimum absolute atomic E-state index is 0.0761. The standard InChI is InChI=1S/C19H20N4O3/c1-3-17-21-22-19(26-17)15-7-8-18(25)23(11-15)12-16(24)20-10-14-6-4-5-13(2)9-14/h4-9,11H,3,10,12H2,1-2H3,(H,20,24). The molecule has 3 rings (SSSR count). The zero-order valence-corrected chi connectivity index (χ0v) is 14.7. The Labute approximate surface area is 150 Å². The largest absolute Gasteiger partial charge is 0.421 e. The second-order valence-electron chi connectivity index (χ2n) is 6.00. The van der Waals surface area contributed by atoms with E-state index in [4.69, 9.17) is 4.42 Å². The molecule has 0 bridgehead atoms. The number of benzene rings is 1. The van der Waals surface area contributed by atoms with E-state index >= 15 is 0 Å². The number of nitrogens with one attached hydrogen (secondary N) is 1. The van der Waals surface area contributed by atoms with Crippen LogP contribution in [-0.2, 0) is 24.3 Å². The van der Waals surface area contributed by atoms with Crippen LogP contribution in [0.2, 0.25) is 0 Å². The molecule has 7 heteroatoms. The van der Waals surface area contributed by atoms with Gasteiger partial charge in [-0.05, 0) is 18.6 Å². The number of rotatable bonds is 6. The van der Waals surface area contributed by atoms with Crippen molar-refractivity contribution in [3.8, 4) is 11.5 Å². The van der Waals surface area contributed by atoms with E-state index in [1.165, 1.54) is 10.6 Å². The number of amides is 1. The van der Waals surface area contributed by atoms with Crippen molar-refractivity contribution in [2.24, 2.45) is 0 Å². The molecule has 0 fully saturated rings. The molecular weight excluding hydrogens is 332 g/mol. The smallest absolute Gasteiger partial charge is 0.251 e. The molecule has 3 aromatic rings. The van der Waals surface area contributed by atoms with E-state index in [0.29, 0.717) is 30.3 Å². The van der Waals surface area contributed by atoms with Crippen LogP contribution < -0.4 is 10.9 Å². The van der Waals surface area contributed by atoms with Crippen molar-refractivity contribution < 1.29 is 9.21 Å². The van der Waals surface area contributed by atoms with E-state index in [9.17, 15) is 9.59 Å². The Bertz CT molecular complexity index is 975. The van der Waals surface area contributed by atoms with Gasteiger partial charge in [0, 0.05) is 25.2 Å². The molecule has 2 heterocycles. The lowest BCUT2D eigenvalue weighted by Crippen LogP contribution is -2.31. The van der Waals surface area contributed by atoms with Gasteiger partial charge in [0.25, 0.3) is 5.56 Å². The Morgan fingerprint density at radius 3 is 2.81 bits per heavy atom. The van der Waals surface area contributed by atoms with E-state index in [2.05, 4.69) is 15.5 Å². The molecule has 0 aliphatic rings. The normalized spacial score (nSPS) is 10.7. The van der Waals surface area contributed by atoms with Crippen molar-refractivity contribution in [1.82, 2.24) is 20.1 Å². The van der Waals surface area contributed by atoms with Gasteiger partial charge in [0.05, 0.1) is 5.56 Å². The molecule has 1 N–H and O–H groups in total. The number of carbonyl (C=O) groups excluding carboxylic acids is 1. The summed E-state index contributed by atoms with van der Waals surface area (Å²) < 4.78 is 6.83. The van der Waals surface area contributed by atoms with Crippen molar-refractivity contribution in [2.45, 2.75) is 33.4 Å². The van der Waals surface area contributed by atoms with Gasteiger partial charge in [0.2, 0.25) is 17.7 Å². The first-order valence-corrected chi connectivity index (χ1v) is 8.40. The molecule has 1 aromatic carbocycles. The summed E-state index contributed by atoms with van der Waals surface area (Å²) in [6, 6.07) is 10.9. The monoisotopic (exact) mass is 352 g/mol. The first-order chi connectivity index (χ1) is 12.5. The number of carbonyl (C=O) groups is 1. The molecule has 0 aliphatic heterocycles. The molecule has 0 spiro atoms. The van der Waals surface area contributed by atoms with Gasteiger partial charge in [0.15, 0.2) is 0 Å². The third-order valence-corrected chi connectivity index (χ3v) is 3.89. The van der Waals surface area contributed by atoms with Gasteiger partial charge < -0.3 is 14.3 Å². The van der Waals surface area contributed by atoms with Gasteiger partial charge in [-0.1, -0.05) is 36.8 Å². The average molecular weight is 352 g/mol. The lowest BCUT2D eigenvalue weighted by atomic mass is 10.1. The average Bonchev–Trinajstić information content (AvgIpc) is 3.11. The first kappa shape index (κ1) is 17.6. The Balaban J connectivity index is 1.69. The maximum Gasteiger partial charge on any atom is 0.251 e. The van der Waals surface area contributed by atoms with E-state index in [1.807, 2.05) is 38.1 Å². The van der Waals surface area contributed by atoms with Crippen molar-refractivity contribution in [1.29, 1.82) is 0 Å². The van der Waals surface area contributed by atoms with Gasteiger partial charge in [0.1, 0.15) is 6.54 Å². The van der Waals surface area contributed by atoms with Crippen molar-refractivity contribution >= 4 is 5.91 Å². The van der Waals surface area contributed by atoms with Gasteiger partial charge in [-0.2, -0.15) is 0 Å². The summed E-state index contributed by atoms with van der Waals surface area (Å²) in [7, 11) is 0. The summed E-state index contributed by atoms with van der Waals surface area (Å²) in [5.74, 6) is 0.606. The minimum atomic E-state index is -0.269. The summed E-state index contributed by atoms with van der Waals surface area (Å²) in [6.45, 7) is 4.25. The number of nitrogens with zero attached hydrogens (tertiary/aromatic N) is 3. The highest BCUT2D eigenvalue weighted by Crippen LogP contribution is 2.16. The molecule has 0 radical (unpaired) electrons. The van der Waals surface area contributed by atoms with Crippen LogP contribution >= 0.6 is 0 Å². The van der Waals surface area contributed by atoms with E-state index in [0.717, 1.165) is 11.1 Å². The molecule has 0 unspecified atom stereocenters. The summed E-state index contributed by atoms with van der Waals surface area (Å²) in [4.78, 5) is 24.2. The van der Waals surface area contributed by atoms with Crippen LogP contribution in [-0.4, -0.2) is 20.7 Å². The number of aromatic nitrogens is 3. The predicted octanol–water partition coefficient (Wildman–Crippen LogP) is 2.09. The van der Waals surface area contributed by atoms with Crippen LogP contribution in [0.1, 0.15) is 23.9 Å². The van der Waals surface area contributed by atoms with E-state index in [-0.39, 0.29) is 18.0 Å². The lowest BCUT2D eigenvalue weighted by Gasteiger charge is -2.08. The van der Waals surface area contributed by atoms with Crippen LogP contribution in [0.5, 0.6) is 0 Å². The highest BCUT2D eigenvalue weighted by molar-refractivity contribution is 5.75. The maximum atomic E-state index is 12.2. The summed E-state index contributed by atoms with van der Waals surface area (Å²) >= 11 is 0. The molecule has 0 saturated carbocycles. The Hall–Kier alpha value is -3.22. The third kappa shape index (κ3) is 4.24. The second kappa shape index (κ2) is 7.77. The second-order valence-corrected chi connectivity index (χ2v) is 6.00. The lowest BCUT2D eigenvalue weighted by molar-refractivity contribution is -0.121. The number of aryl methyl sites for hydroxylation is 2. The minimum Gasteiger partial charge on any atom is -0.421 e. The van der Waals surface area contributed by atoms with Crippen molar-refractivity contribution in [3.05, 3.63) is 70.0 Å². The van der Waals surface area contributed by atoms with Crippen LogP contribution in [0.4, 0.5) is 0 Å². The van der Waals surface area contributed by atoms with E-state index < -0.39 is 0 Å². The van der Waals surface area contributed by atoms with Crippen LogP contribution in [0, 0.1) is 6.92 Å². The Morgan fingerprint density at radius 1 is 1.23 bits per heavy atom. The molecule has 134 valence electrons. The zero-order chi connectivity index (χ0) is 18.5. The molecule has 0 atom stereocenters. The van der Waals surface area contributed by atoms with Crippen LogP contribution in [0.15, 0.2) is 51.8 Å². The highest BCUT2D eigenvalue weighted by Gasteiger charge is 2.11. The fourth-order valence-electron chi connectivity index (χ4n) is 2.53. The molecule has 2 aromatic heterocycles. The SMILES string of the molecule is CCc1nnc(-c2ccc(=O)n(CC(=O)NCc3cccc(C)c3)c2)o1. The van der Waals surface area contributed by atoms with Crippen molar-refractivity contribution in [2.75, 3.05) is 0 Å². The predicted molar refractivity (Wildman–Crippen MR) is 96.4 cm³/mol. The van der Waals surface area contributed by atoms with Crippen LogP contribution in [0.25, 0.3) is 11.5 Å². The quantitative estimate of drug-likeness (QED) is 0.734. The topological polar surface area (TPSA) is 90.0 Å². The van der Waals surface area contributed by atoms with Gasteiger partial charge in [-0.3, -0.25) is 9.59 Å². The fraction of sp³-hybridized carbons (Fsp3) is 0.263. The highest BCUT2D eigenvalue weighted by atomic mass is 16.4. The summed E-state index contributed by atoms with van der Waals surface area (Å²) in [6.07, 6.45) is 2.19. The first-order valence-electron chi connectivity index (χ1n) is 8.40. The van der Waals surface area contributed by atoms with Gasteiger partial charge in [-0.25, -0.2) is 0 Å². The Morgan fingerprint density at radius 2 is 2.08 bits per heavy atom. The number of hydrogen-bond acceptors (Lipinski definition) is 5. The molecular formula is C19H20N4O3. The van der Waals surface area contributed by atoms with E-state index in [1.54, 1.807) is 12.3 Å². The fourth-order valence-corrected chi connectivity index (χ4v) is 2.53. The van der Waals surface area contributed by atoms with Crippen molar-refractivity contribution in [3.63, 3.8) is 0 Å². The summed E-state index contributed by atoms with van der Waals surface area (Å²) in [5, 5.41) is 10.7. The van der Waals surface area contributed by atoms with Gasteiger partial charge in [-0.15, -0.1) is 10.2 Å². The number of hydrogen-bond donors (Lipinski definition) is 1. The third-order valence-electron chi connectivity index (χ3n) is 3.89. The summed E-state index contributed by atoms with van der Waals surface area (Å²) in [5.41, 5.74) is 2.47.